The predicted octanol–water partition coefficient (Wildman–Crippen LogP) is 2.00. The van der Waals surface area contributed by atoms with E-state index >= 15 is 0 Å². The molecule has 0 aliphatic rings. The molecule has 0 amide bonds. The topological polar surface area (TPSA) is 46.5 Å². The fourth-order valence-corrected chi connectivity index (χ4v) is 0.989. The van der Waals surface area contributed by atoms with Crippen LogP contribution in [-0.4, -0.2) is 30.6 Å². The normalized spacial score (nSPS) is 10.3. The Morgan fingerprint density at radius 2 is 1.95 bits per heavy atom. The lowest BCUT2D eigenvalue weighted by Crippen LogP contribution is -2.02. The molecule has 1 N–H and O–H groups in total. The highest BCUT2D eigenvalue weighted by Gasteiger charge is 1.99. The van der Waals surface area contributed by atoms with Gasteiger partial charge in [0.1, 0.15) is 10.5 Å². The summed E-state index contributed by atoms with van der Waals surface area (Å²) in [6.07, 6.45) is 4.06. The minimum Gasteiger partial charge on any atom is -0.478 e. The van der Waals surface area contributed by atoms with E-state index in [1.54, 1.807) is 6.08 Å². The molecule has 19 heavy (non-hydrogen) atoms. The van der Waals surface area contributed by atoms with Crippen LogP contribution in [0, 0.1) is 0 Å². The summed E-state index contributed by atoms with van der Waals surface area (Å²) in [7, 11) is 0.347. The molecule has 0 aromatic heterocycles. The maximum absolute atomic E-state index is 10.4. The van der Waals surface area contributed by atoms with Gasteiger partial charge in [0.2, 0.25) is 0 Å². The Kier molecular flexibility index (Phi) is 9.69. The summed E-state index contributed by atoms with van der Waals surface area (Å²) in [6, 6.07) is 9.73. The second kappa shape index (κ2) is 10.5. The molecule has 1 rings (SSSR count). The van der Waals surface area contributed by atoms with Gasteiger partial charge < -0.3 is 9.22 Å². The molecule has 0 aliphatic heterocycles. The van der Waals surface area contributed by atoms with Crippen LogP contribution < -0.4 is 0 Å². The monoisotopic (exact) mass is 294 g/mol. The number of carbonyl (C=O) groups is 1. The van der Waals surface area contributed by atoms with Crippen molar-refractivity contribution in [2.24, 2.45) is 0 Å². The van der Waals surface area contributed by atoms with E-state index in [1.807, 2.05) is 36.4 Å². The van der Waals surface area contributed by atoms with Crippen molar-refractivity contribution in [3.05, 3.63) is 54.1 Å². The zero-order valence-electron chi connectivity index (χ0n) is 11.8. The van der Waals surface area contributed by atoms with Crippen molar-refractivity contribution in [3.63, 3.8) is 0 Å². The quantitative estimate of drug-likeness (QED) is 0.667. The lowest BCUT2D eigenvalue weighted by Gasteiger charge is -1.93. The van der Waals surface area contributed by atoms with Crippen molar-refractivity contribution in [3.8, 4) is 0 Å². The van der Waals surface area contributed by atoms with Gasteiger partial charge in [0.15, 0.2) is 9.04 Å². The maximum Gasteiger partial charge on any atom is 0.331 e. The minimum atomic E-state index is -0.942. The Labute approximate surface area is 119 Å². The van der Waals surface area contributed by atoms with Gasteiger partial charge in [-0.3, -0.25) is 0 Å². The zero-order valence-corrected chi connectivity index (χ0v) is 15.0. The maximum atomic E-state index is 10.4. The average molecular weight is 294 g/mol. The second-order valence-corrected chi connectivity index (χ2v) is 8.19. The first kappa shape index (κ1) is 17.6. The first-order valence-electron chi connectivity index (χ1n) is 6.12. The Bertz CT molecular complexity index is 414. The molecule has 0 heterocycles. The SMILES string of the molecule is C=C(CC=Cc1ccccc1)C(=O)O.C[SiH](C)O[SiH3]. The number of carboxylic acid groups (broad SMARTS) is 1. The van der Waals surface area contributed by atoms with Crippen molar-refractivity contribution in [2.75, 3.05) is 0 Å². The van der Waals surface area contributed by atoms with Crippen LogP contribution in [0.25, 0.3) is 6.08 Å². The third kappa shape index (κ3) is 10.2. The van der Waals surface area contributed by atoms with E-state index in [4.69, 9.17) is 9.22 Å². The van der Waals surface area contributed by atoms with Gasteiger partial charge in [0.25, 0.3) is 0 Å². The van der Waals surface area contributed by atoms with Crippen LogP contribution >= 0.6 is 0 Å². The summed E-state index contributed by atoms with van der Waals surface area (Å²) in [6.45, 7) is 7.78. The highest BCUT2D eigenvalue weighted by atomic mass is 28.3. The van der Waals surface area contributed by atoms with Crippen LogP contribution in [-0.2, 0) is 8.91 Å². The Balaban J connectivity index is 0.000000555. The van der Waals surface area contributed by atoms with Crippen LogP contribution in [0.2, 0.25) is 13.1 Å². The predicted molar refractivity (Wildman–Crippen MR) is 86.8 cm³/mol. The summed E-state index contributed by atoms with van der Waals surface area (Å²) in [5, 5.41) is 8.55. The van der Waals surface area contributed by atoms with E-state index < -0.39 is 15.0 Å². The number of carboxylic acids is 1. The highest BCUT2D eigenvalue weighted by molar-refractivity contribution is 6.52. The Morgan fingerprint density at radius 1 is 1.42 bits per heavy atom. The molecule has 0 unspecified atom stereocenters. The second-order valence-electron chi connectivity index (χ2n) is 4.21. The lowest BCUT2D eigenvalue weighted by molar-refractivity contribution is -0.132. The van der Waals surface area contributed by atoms with E-state index in [0.29, 0.717) is 6.42 Å². The van der Waals surface area contributed by atoms with E-state index in [1.165, 1.54) is 0 Å². The summed E-state index contributed by atoms with van der Waals surface area (Å²) in [5.74, 6) is -0.942. The molecule has 5 heteroatoms. The van der Waals surface area contributed by atoms with Gasteiger partial charge >= 0.3 is 5.97 Å². The third-order valence-electron chi connectivity index (χ3n) is 2.25. The van der Waals surface area contributed by atoms with Crippen molar-refractivity contribution in [1.82, 2.24) is 0 Å². The smallest absolute Gasteiger partial charge is 0.331 e. The first-order valence-corrected chi connectivity index (χ1v) is 9.72. The lowest BCUT2D eigenvalue weighted by atomic mass is 10.1. The fraction of sp³-hybridized carbons (Fsp3) is 0.214. The van der Waals surface area contributed by atoms with Crippen LogP contribution in [0.5, 0.6) is 0 Å². The molecule has 0 bridgehead atoms. The van der Waals surface area contributed by atoms with Crippen LogP contribution in [0.1, 0.15) is 12.0 Å². The number of hydrogen-bond donors (Lipinski definition) is 1. The molecule has 104 valence electrons. The molecule has 1 aromatic rings. The standard InChI is InChI=1S/C12H12O2.C2H10OSi2/c1-10(12(13)14)6-5-9-11-7-3-2-4-8-11;1-5(2)3-4/h2-5,7-9H,1,6H2,(H,13,14);5H,1-2,4H3. The van der Waals surface area contributed by atoms with Gasteiger partial charge in [-0.2, -0.15) is 0 Å². The zero-order chi connectivity index (χ0) is 14.7. The van der Waals surface area contributed by atoms with Gasteiger partial charge in [0.05, 0.1) is 0 Å². The summed E-state index contributed by atoms with van der Waals surface area (Å²) < 4.78 is 5.03. The highest BCUT2D eigenvalue weighted by Crippen LogP contribution is 2.05. The average Bonchev–Trinajstić information content (AvgIpc) is 2.40. The van der Waals surface area contributed by atoms with E-state index in [2.05, 4.69) is 19.7 Å². The minimum absolute atomic E-state index is 0.206. The van der Waals surface area contributed by atoms with Crippen molar-refractivity contribution in [1.29, 1.82) is 0 Å². The summed E-state index contributed by atoms with van der Waals surface area (Å²) >= 11 is 0. The molecule has 0 saturated carbocycles. The molecule has 0 radical (unpaired) electrons. The molecule has 0 spiro atoms. The van der Waals surface area contributed by atoms with Gasteiger partial charge in [-0.25, -0.2) is 4.79 Å². The molecule has 0 atom stereocenters. The fourth-order valence-electron chi connectivity index (χ4n) is 0.989. The number of hydrogen-bond acceptors (Lipinski definition) is 2. The van der Waals surface area contributed by atoms with E-state index in [-0.39, 0.29) is 5.57 Å². The first-order chi connectivity index (χ1) is 8.97. The van der Waals surface area contributed by atoms with Crippen molar-refractivity contribution >= 4 is 31.6 Å². The number of benzene rings is 1. The number of allylic oxidation sites excluding steroid dienone is 1. The number of rotatable bonds is 5. The van der Waals surface area contributed by atoms with Crippen molar-refractivity contribution in [2.45, 2.75) is 19.5 Å². The van der Waals surface area contributed by atoms with Gasteiger partial charge in [-0.15, -0.1) is 0 Å². The summed E-state index contributed by atoms with van der Waals surface area (Å²) in [4.78, 5) is 10.4. The molecule has 0 aliphatic carbocycles. The molecule has 3 nitrogen and oxygen atoms in total. The third-order valence-corrected chi connectivity index (χ3v) is 6.02. The Morgan fingerprint density at radius 3 is 2.37 bits per heavy atom. The van der Waals surface area contributed by atoms with Gasteiger partial charge in [0, 0.05) is 5.57 Å². The largest absolute Gasteiger partial charge is 0.478 e. The molecule has 1 aromatic carbocycles. The van der Waals surface area contributed by atoms with Gasteiger partial charge in [-0.1, -0.05) is 49.1 Å². The van der Waals surface area contributed by atoms with Crippen LogP contribution in [0.4, 0.5) is 0 Å². The Hall–Kier alpha value is -1.44. The van der Waals surface area contributed by atoms with E-state index in [0.717, 1.165) is 16.0 Å². The molecule has 0 fully saturated rings. The van der Waals surface area contributed by atoms with Crippen LogP contribution in [0.3, 0.4) is 0 Å². The molecular formula is C14H22O3Si2. The summed E-state index contributed by atoms with van der Waals surface area (Å²) in [5.41, 5.74) is 1.27. The van der Waals surface area contributed by atoms with Gasteiger partial charge in [-0.05, 0) is 25.1 Å². The number of aliphatic carboxylic acids is 1. The van der Waals surface area contributed by atoms with E-state index in [9.17, 15) is 4.79 Å². The molecule has 0 saturated heterocycles. The van der Waals surface area contributed by atoms with Crippen molar-refractivity contribution < 1.29 is 14.0 Å². The molecular weight excluding hydrogens is 272 g/mol. The van der Waals surface area contributed by atoms with Crippen LogP contribution in [0.15, 0.2) is 48.6 Å².